The quantitative estimate of drug-likeness (QED) is 0.784. The Morgan fingerprint density at radius 3 is 2.58 bits per heavy atom. The number of nitrogens with one attached hydrogen (secondary N) is 1. The molecule has 0 unspecified atom stereocenters. The van der Waals surface area contributed by atoms with Crippen LogP contribution in [0, 0.1) is 5.82 Å². The first kappa shape index (κ1) is 21.2. The molecule has 8 heteroatoms. The number of benzene rings is 2. The van der Waals surface area contributed by atoms with E-state index in [-0.39, 0.29) is 17.6 Å². The third kappa shape index (κ3) is 4.85. The first-order valence-corrected chi connectivity index (χ1v) is 11.2. The van der Waals surface area contributed by atoms with Crippen molar-refractivity contribution in [1.29, 1.82) is 0 Å². The van der Waals surface area contributed by atoms with E-state index in [1.165, 1.54) is 17.8 Å². The van der Waals surface area contributed by atoms with Crippen LogP contribution in [0.5, 0.6) is 0 Å². The predicted octanol–water partition coefficient (Wildman–Crippen LogP) is 3.72. The number of thioether (sulfide) groups is 1. The molecule has 162 valence electrons. The van der Waals surface area contributed by atoms with Gasteiger partial charge in [-0.1, -0.05) is 18.2 Å². The van der Waals surface area contributed by atoms with E-state index >= 15 is 0 Å². The maximum atomic E-state index is 14.0. The molecule has 0 saturated carbocycles. The Hall–Kier alpha value is -3.00. The van der Waals surface area contributed by atoms with Gasteiger partial charge in [-0.15, -0.1) is 11.8 Å². The molecule has 31 heavy (non-hydrogen) atoms. The number of hydrogen-bond donors (Lipinski definition) is 1. The third-order valence-corrected chi connectivity index (χ3v) is 6.43. The summed E-state index contributed by atoms with van der Waals surface area (Å²) in [5.74, 6) is 0.768. The minimum atomic E-state index is -0.252. The standard InChI is InChI=1S/C23H24FN3O3S/c1-16-21(31-14-13-30-16)22(28)25-18-6-4-5-17(15-18)23(29)27-11-9-26(10-12-27)20-8-3-2-7-19(20)24/h2-8,15H,9-14H2,1H3,(H,25,28). The van der Waals surface area contributed by atoms with Crippen LogP contribution in [0.4, 0.5) is 15.8 Å². The van der Waals surface area contributed by atoms with E-state index in [9.17, 15) is 14.0 Å². The minimum Gasteiger partial charge on any atom is -0.496 e. The van der Waals surface area contributed by atoms with Gasteiger partial charge in [0.15, 0.2) is 0 Å². The average Bonchev–Trinajstić information content (AvgIpc) is 2.79. The van der Waals surface area contributed by atoms with Gasteiger partial charge in [-0.25, -0.2) is 4.39 Å². The normalized spacial score (nSPS) is 16.7. The third-order valence-electron chi connectivity index (χ3n) is 5.30. The molecule has 2 aliphatic heterocycles. The molecule has 4 rings (SSSR count). The largest absolute Gasteiger partial charge is 0.496 e. The van der Waals surface area contributed by atoms with Gasteiger partial charge in [-0.05, 0) is 37.3 Å². The van der Waals surface area contributed by atoms with Crippen molar-refractivity contribution < 1.29 is 18.7 Å². The lowest BCUT2D eigenvalue weighted by atomic mass is 10.1. The van der Waals surface area contributed by atoms with Gasteiger partial charge in [-0.2, -0.15) is 0 Å². The lowest BCUT2D eigenvalue weighted by Gasteiger charge is -2.36. The van der Waals surface area contributed by atoms with Gasteiger partial charge < -0.3 is 19.9 Å². The zero-order chi connectivity index (χ0) is 21.8. The van der Waals surface area contributed by atoms with Crippen LogP contribution < -0.4 is 10.2 Å². The van der Waals surface area contributed by atoms with Crippen LogP contribution in [0.15, 0.2) is 59.2 Å². The molecule has 0 aromatic heterocycles. The van der Waals surface area contributed by atoms with Gasteiger partial charge in [0, 0.05) is 43.2 Å². The molecule has 2 aliphatic rings. The second-order valence-electron chi connectivity index (χ2n) is 7.35. The minimum absolute atomic E-state index is 0.102. The summed E-state index contributed by atoms with van der Waals surface area (Å²) < 4.78 is 19.5. The van der Waals surface area contributed by atoms with Crippen molar-refractivity contribution in [3.05, 3.63) is 70.6 Å². The number of hydrogen-bond acceptors (Lipinski definition) is 5. The van der Waals surface area contributed by atoms with Crippen molar-refractivity contribution >= 4 is 35.0 Å². The number of piperazine rings is 1. The maximum absolute atomic E-state index is 14.0. The number of amides is 2. The van der Waals surface area contributed by atoms with Crippen LogP contribution >= 0.6 is 11.8 Å². The number of allylic oxidation sites excluding steroid dienone is 1. The molecule has 0 spiro atoms. The second kappa shape index (κ2) is 9.43. The molecule has 2 aromatic rings. The van der Waals surface area contributed by atoms with E-state index in [0.29, 0.717) is 60.4 Å². The zero-order valence-electron chi connectivity index (χ0n) is 17.3. The van der Waals surface area contributed by atoms with Crippen molar-refractivity contribution in [2.75, 3.05) is 48.8 Å². The fourth-order valence-electron chi connectivity index (χ4n) is 3.69. The van der Waals surface area contributed by atoms with Gasteiger partial charge in [-0.3, -0.25) is 9.59 Å². The van der Waals surface area contributed by atoms with Gasteiger partial charge in [0.05, 0.1) is 12.3 Å². The molecule has 2 heterocycles. The molecule has 0 aliphatic carbocycles. The molecule has 1 saturated heterocycles. The summed E-state index contributed by atoms with van der Waals surface area (Å²) in [5, 5.41) is 2.86. The summed E-state index contributed by atoms with van der Waals surface area (Å²) in [6.45, 7) is 4.51. The number of nitrogens with zero attached hydrogens (tertiary/aromatic N) is 2. The molecule has 2 aromatic carbocycles. The Kier molecular flexibility index (Phi) is 6.46. The van der Waals surface area contributed by atoms with E-state index in [4.69, 9.17) is 4.74 Å². The number of rotatable bonds is 4. The Morgan fingerprint density at radius 1 is 1.06 bits per heavy atom. The van der Waals surface area contributed by atoms with Gasteiger partial charge in [0.1, 0.15) is 16.5 Å². The summed E-state index contributed by atoms with van der Waals surface area (Å²) in [4.78, 5) is 29.8. The SMILES string of the molecule is CC1=C(C(=O)Nc2cccc(C(=O)N3CCN(c4ccccc4F)CC3)c2)SCCO1. The van der Waals surface area contributed by atoms with E-state index in [2.05, 4.69) is 5.32 Å². The van der Waals surface area contributed by atoms with Crippen LogP contribution in [-0.4, -0.2) is 55.3 Å². The Labute approximate surface area is 185 Å². The molecule has 0 bridgehead atoms. The molecule has 6 nitrogen and oxygen atoms in total. The Bertz CT molecular complexity index is 1020. The summed E-state index contributed by atoms with van der Waals surface area (Å²) in [6.07, 6.45) is 0. The lowest BCUT2D eigenvalue weighted by molar-refractivity contribution is -0.112. The number of carbonyl (C=O) groups excluding carboxylic acids is 2. The molecular weight excluding hydrogens is 417 g/mol. The molecular formula is C23H24FN3O3S. The van der Waals surface area contributed by atoms with Crippen LogP contribution in [0.2, 0.25) is 0 Å². The van der Waals surface area contributed by atoms with Crippen molar-refractivity contribution in [1.82, 2.24) is 4.90 Å². The topological polar surface area (TPSA) is 61.9 Å². The first-order valence-electron chi connectivity index (χ1n) is 10.2. The highest BCUT2D eigenvalue weighted by Crippen LogP contribution is 2.27. The molecule has 2 amide bonds. The number of anilines is 2. The summed E-state index contributed by atoms with van der Waals surface area (Å²) >= 11 is 1.47. The summed E-state index contributed by atoms with van der Waals surface area (Å²) in [7, 11) is 0. The molecule has 0 radical (unpaired) electrons. The highest BCUT2D eigenvalue weighted by molar-refractivity contribution is 8.04. The van der Waals surface area contributed by atoms with Crippen LogP contribution in [0.3, 0.4) is 0 Å². The summed E-state index contributed by atoms with van der Waals surface area (Å²) in [5.41, 5.74) is 1.64. The molecule has 1 N–H and O–H groups in total. The smallest absolute Gasteiger partial charge is 0.265 e. The average molecular weight is 442 g/mol. The lowest BCUT2D eigenvalue weighted by Crippen LogP contribution is -2.49. The van der Waals surface area contributed by atoms with Crippen LogP contribution in [0.1, 0.15) is 17.3 Å². The zero-order valence-corrected chi connectivity index (χ0v) is 18.1. The summed E-state index contributed by atoms with van der Waals surface area (Å²) in [6, 6.07) is 13.6. The Balaban J connectivity index is 1.40. The first-order chi connectivity index (χ1) is 15.0. The van der Waals surface area contributed by atoms with Crippen LogP contribution in [-0.2, 0) is 9.53 Å². The number of para-hydroxylation sites is 1. The van der Waals surface area contributed by atoms with Crippen molar-refractivity contribution in [3.8, 4) is 0 Å². The van der Waals surface area contributed by atoms with E-state index in [1.54, 1.807) is 48.2 Å². The maximum Gasteiger partial charge on any atom is 0.265 e. The predicted molar refractivity (Wildman–Crippen MR) is 121 cm³/mol. The fourth-order valence-corrected chi connectivity index (χ4v) is 4.51. The number of ether oxygens (including phenoxy) is 1. The van der Waals surface area contributed by atoms with Gasteiger partial charge in [0.2, 0.25) is 0 Å². The van der Waals surface area contributed by atoms with E-state index < -0.39 is 0 Å². The van der Waals surface area contributed by atoms with Crippen molar-refractivity contribution in [2.24, 2.45) is 0 Å². The number of carbonyl (C=O) groups is 2. The second-order valence-corrected chi connectivity index (χ2v) is 8.45. The van der Waals surface area contributed by atoms with Crippen molar-refractivity contribution in [2.45, 2.75) is 6.92 Å². The van der Waals surface area contributed by atoms with Crippen molar-refractivity contribution in [3.63, 3.8) is 0 Å². The molecule has 1 fully saturated rings. The fraction of sp³-hybridized carbons (Fsp3) is 0.304. The highest BCUT2D eigenvalue weighted by atomic mass is 32.2. The monoisotopic (exact) mass is 441 g/mol. The number of halogens is 1. The van der Waals surface area contributed by atoms with E-state index in [0.717, 1.165) is 5.75 Å². The van der Waals surface area contributed by atoms with Crippen LogP contribution in [0.25, 0.3) is 0 Å². The van der Waals surface area contributed by atoms with Gasteiger partial charge >= 0.3 is 0 Å². The van der Waals surface area contributed by atoms with E-state index in [1.807, 2.05) is 11.0 Å². The highest BCUT2D eigenvalue weighted by Gasteiger charge is 2.24. The Morgan fingerprint density at radius 2 is 1.84 bits per heavy atom. The molecule has 0 atom stereocenters. The van der Waals surface area contributed by atoms with Gasteiger partial charge in [0.25, 0.3) is 11.8 Å².